The van der Waals surface area contributed by atoms with Gasteiger partial charge >= 0.3 is 0 Å². The van der Waals surface area contributed by atoms with Crippen molar-refractivity contribution in [3.8, 4) is 0 Å². The van der Waals surface area contributed by atoms with Gasteiger partial charge in [0.1, 0.15) is 11.6 Å². The number of carbonyl (C=O) groups excluding carboxylic acids is 1. The van der Waals surface area contributed by atoms with Gasteiger partial charge in [0.15, 0.2) is 0 Å². The molecule has 1 aliphatic rings. The fourth-order valence-corrected chi connectivity index (χ4v) is 1.90. The van der Waals surface area contributed by atoms with Crippen LogP contribution in [0.5, 0.6) is 0 Å². The summed E-state index contributed by atoms with van der Waals surface area (Å²) in [4.78, 5) is 15.6. The zero-order valence-electron chi connectivity index (χ0n) is 10.7. The molecule has 0 N–H and O–H groups in total. The third kappa shape index (κ3) is 2.22. The minimum atomic E-state index is -0.678. The highest BCUT2D eigenvalue weighted by Crippen LogP contribution is 2.19. The highest BCUT2D eigenvalue weighted by molar-refractivity contribution is 5.95. The number of benzene rings is 1. The maximum absolute atomic E-state index is 13.4. The van der Waals surface area contributed by atoms with E-state index in [4.69, 9.17) is 0 Å². The van der Waals surface area contributed by atoms with Gasteiger partial charge in [-0.1, -0.05) is 0 Å². The summed E-state index contributed by atoms with van der Waals surface area (Å²) in [6.07, 6.45) is 0. The van der Waals surface area contributed by atoms with Crippen LogP contribution in [0.25, 0.3) is 0 Å². The normalized spacial score (nSPS) is 16.0. The molecule has 1 aromatic rings. The Hall–Kier alpha value is -1.49. The van der Waals surface area contributed by atoms with Gasteiger partial charge in [-0.2, -0.15) is 0 Å². The molecule has 0 radical (unpaired) electrons. The number of nitrogens with zero attached hydrogens (tertiary/aromatic N) is 2. The highest BCUT2D eigenvalue weighted by Gasteiger charge is 2.32. The predicted octanol–water partition coefficient (Wildman–Crippen LogP) is 1.66. The minimum Gasteiger partial charge on any atom is -0.335 e. The molecule has 0 unspecified atom stereocenters. The number of hydrogen-bond donors (Lipinski definition) is 0. The molecular formula is C13H16F2N2O. The molecule has 5 heteroatoms. The Kier molecular flexibility index (Phi) is 3.34. The Labute approximate surface area is 105 Å². The average molecular weight is 254 g/mol. The summed E-state index contributed by atoms with van der Waals surface area (Å²) in [5.41, 5.74) is 0.0223. The van der Waals surface area contributed by atoms with Gasteiger partial charge in [-0.05, 0) is 33.2 Å². The summed E-state index contributed by atoms with van der Waals surface area (Å²) >= 11 is 0. The maximum Gasteiger partial charge on any atom is 0.254 e. The number of halogens is 2. The largest absolute Gasteiger partial charge is 0.335 e. The van der Waals surface area contributed by atoms with E-state index in [1.165, 1.54) is 6.92 Å². The predicted molar refractivity (Wildman–Crippen MR) is 64.5 cm³/mol. The van der Waals surface area contributed by atoms with Crippen molar-refractivity contribution in [1.82, 2.24) is 9.80 Å². The molecule has 0 aromatic heterocycles. The average Bonchev–Trinajstić information content (AvgIpc) is 2.22. The monoisotopic (exact) mass is 254 g/mol. The van der Waals surface area contributed by atoms with E-state index in [9.17, 15) is 13.6 Å². The van der Waals surface area contributed by atoms with Crippen molar-refractivity contribution < 1.29 is 13.6 Å². The molecular weight excluding hydrogens is 238 g/mol. The van der Waals surface area contributed by atoms with Gasteiger partial charge < -0.3 is 9.80 Å². The molecule has 1 heterocycles. The zero-order valence-corrected chi connectivity index (χ0v) is 10.7. The molecule has 3 nitrogen and oxygen atoms in total. The molecule has 0 aliphatic carbocycles. The third-order valence-electron chi connectivity index (χ3n) is 3.41. The quantitative estimate of drug-likeness (QED) is 0.801. The number of amides is 1. The lowest BCUT2D eigenvalue weighted by Gasteiger charge is -2.42. The van der Waals surface area contributed by atoms with Crippen LogP contribution >= 0.6 is 0 Å². The van der Waals surface area contributed by atoms with Crippen LogP contribution in [0, 0.1) is 18.6 Å². The van der Waals surface area contributed by atoms with Crippen LogP contribution in [0.2, 0.25) is 0 Å². The van der Waals surface area contributed by atoms with Crippen molar-refractivity contribution in [3.63, 3.8) is 0 Å². The third-order valence-corrected chi connectivity index (χ3v) is 3.41. The lowest BCUT2D eigenvalue weighted by atomic mass is 10.0. The molecule has 0 atom stereocenters. The Morgan fingerprint density at radius 3 is 2.22 bits per heavy atom. The van der Waals surface area contributed by atoms with Crippen molar-refractivity contribution in [1.29, 1.82) is 0 Å². The van der Waals surface area contributed by atoms with Gasteiger partial charge in [0.05, 0.1) is 0 Å². The Morgan fingerprint density at radius 2 is 1.78 bits per heavy atom. The number of carbonyl (C=O) groups is 1. The van der Waals surface area contributed by atoms with Crippen molar-refractivity contribution in [2.75, 3.05) is 27.2 Å². The number of rotatable bonds is 2. The molecule has 1 aliphatic heterocycles. The van der Waals surface area contributed by atoms with E-state index >= 15 is 0 Å². The summed E-state index contributed by atoms with van der Waals surface area (Å²) in [5.74, 6) is -1.67. The van der Waals surface area contributed by atoms with Crippen molar-refractivity contribution in [2.24, 2.45) is 0 Å². The van der Waals surface area contributed by atoms with E-state index in [-0.39, 0.29) is 17.0 Å². The van der Waals surface area contributed by atoms with Crippen LogP contribution in [-0.4, -0.2) is 48.9 Å². The summed E-state index contributed by atoms with van der Waals surface area (Å²) < 4.78 is 26.7. The van der Waals surface area contributed by atoms with Gasteiger partial charge in [-0.3, -0.25) is 4.79 Å². The van der Waals surface area contributed by atoms with E-state index in [0.29, 0.717) is 19.1 Å². The summed E-state index contributed by atoms with van der Waals surface area (Å²) in [5, 5.41) is 0. The van der Waals surface area contributed by atoms with Crippen LogP contribution in [-0.2, 0) is 0 Å². The van der Waals surface area contributed by atoms with Gasteiger partial charge in [0.2, 0.25) is 0 Å². The Morgan fingerprint density at radius 1 is 1.28 bits per heavy atom. The lowest BCUT2D eigenvalue weighted by molar-refractivity contribution is 0.0398. The first-order chi connectivity index (χ1) is 8.40. The second-order valence-electron chi connectivity index (χ2n) is 4.89. The fourth-order valence-electron chi connectivity index (χ4n) is 1.90. The van der Waals surface area contributed by atoms with Crippen LogP contribution in [0.1, 0.15) is 15.9 Å². The number of likely N-dealkylation sites (tertiary alicyclic amines) is 1. The second kappa shape index (κ2) is 4.65. The summed E-state index contributed by atoms with van der Waals surface area (Å²) in [7, 11) is 3.88. The van der Waals surface area contributed by atoms with Crippen LogP contribution in [0.15, 0.2) is 12.1 Å². The molecule has 0 bridgehead atoms. The van der Waals surface area contributed by atoms with E-state index in [1.807, 2.05) is 19.0 Å². The summed E-state index contributed by atoms with van der Waals surface area (Å²) in [6, 6.07) is 2.53. The molecule has 2 rings (SSSR count). The van der Waals surface area contributed by atoms with E-state index in [2.05, 4.69) is 0 Å². The first-order valence-corrected chi connectivity index (χ1v) is 5.81. The van der Waals surface area contributed by atoms with Crippen LogP contribution in [0.3, 0.4) is 0 Å². The molecule has 1 aromatic carbocycles. The van der Waals surface area contributed by atoms with E-state index < -0.39 is 11.6 Å². The maximum atomic E-state index is 13.4. The van der Waals surface area contributed by atoms with Crippen molar-refractivity contribution in [2.45, 2.75) is 13.0 Å². The fraction of sp³-hybridized carbons (Fsp3) is 0.462. The molecule has 1 fully saturated rings. The van der Waals surface area contributed by atoms with Gasteiger partial charge in [0.25, 0.3) is 5.91 Å². The lowest BCUT2D eigenvalue weighted by Crippen LogP contribution is -2.59. The molecule has 0 spiro atoms. The number of hydrogen-bond acceptors (Lipinski definition) is 2. The van der Waals surface area contributed by atoms with E-state index in [1.54, 1.807) is 4.90 Å². The van der Waals surface area contributed by atoms with Gasteiger partial charge in [-0.15, -0.1) is 0 Å². The summed E-state index contributed by atoms with van der Waals surface area (Å²) in [6.45, 7) is 2.55. The molecule has 1 amide bonds. The molecule has 0 saturated carbocycles. The molecule has 1 saturated heterocycles. The minimum absolute atomic E-state index is 0.0543. The molecule has 98 valence electrons. The van der Waals surface area contributed by atoms with Crippen molar-refractivity contribution in [3.05, 3.63) is 34.9 Å². The van der Waals surface area contributed by atoms with Crippen LogP contribution < -0.4 is 0 Å². The van der Waals surface area contributed by atoms with E-state index in [0.717, 1.165) is 12.1 Å². The Bertz CT molecular complexity index is 459. The van der Waals surface area contributed by atoms with Crippen LogP contribution in [0.4, 0.5) is 8.78 Å². The highest BCUT2D eigenvalue weighted by atomic mass is 19.1. The van der Waals surface area contributed by atoms with Crippen molar-refractivity contribution >= 4 is 5.91 Å². The topological polar surface area (TPSA) is 23.6 Å². The van der Waals surface area contributed by atoms with Gasteiger partial charge in [0, 0.05) is 30.3 Å². The zero-order chi connectivity index (χ0) is 13.4. The Balaban J connectivity index is 2.12. The standard InChI is InChI=1S/C13H16F2N2O/c1-8-11(14)4-9(5-12(8)15)13(18)17-6-10(7-17)16(2)3/h4-5,10H,6-7H2,1-3H3. The van der Waals surface area contributed by atoms with Gasteiger partial charge in [-0.25, -0.2) is 8.78 Å². The SMILES string of the molecule is Cc1c(F)cc(C(=O)N2CC(N(C)C)C2)cc1F. The first kappa shape index (κ1) is 13.0. The number of likely N-dealkylation sites (N-methyl/N-ethyl adjacent to an activating group) is 1. The first-order valence-electron chi connectivity index (χ1n) is 5.81. The smallest absolute Gasteiger partial charge is 0.254 e. The molecule has 18 heavy (non-hydrogen) atoms. The second-order valence-corrected chi connectivity index (χ2v) is 4.89.